The summed E-state index contributed by atoms with van der Waals surface area (Å²) >= 11 is 2.12. The molecule has 7 nitrogen and oxygen atoms in total. The molecule has 9 heteroatoms. The number of rotatable bonds is 9. The molecule has 1 amide bonds. The van der Waals surface area contributed by atoms with Gasteiger partial charge in [0.15, 0.2) is 0 Å². The van der Waals surface area contributed by atoms with E-state index in [1.807, 2.05) is 31.2 Å². The van der Waals surface area contributed by atoms with Crippen LogP contribution in [0.1, 0.15) is 18.9 Å². The van der Waals surface area contributed by atoms with Crippen molar-refractivity contribution in [2.75, 3.05) is 23.7 Å². The Balaban J connectivity index is 1.97. The maximum absolute atomic E-state index is 12.2. The Hall–Kier alpha value is -2.14. The second kappa shape index (κ2) is 10.4. The lowest BCUT2D eigenvalue weighted by atomic mass is 10.2. The summed E-state index contributed by atoms with van der Waals surface area (Å²) < 4.78 is 31.6. The first-order valence-electron chi connectivity index (χ1n) is 8.57. The smallest absolute Gasteiger partial charge is 0.260 e. The topological polar surface area (TPSA) is 88.1 Å². The van der Waals surface area contributed by atoms with Crippen molar-refractivity contribution in [3.63, 3.8) is 0 Å². The lowest BCUT2D eigenvalue weighted by Gasteiger charge is -2.21. The molecule has 0 aliphatic rings. The molecule has 2 rings (SSSR count). The minimum Gasteiger partial charge on any atom is -0.494 e. The second-order valence-electron chi connectivity index (χ2n) is 5.96. The van der Waals surface area contributed by atoms with Gasteiger partial charge in [-0.15, -0.1) is 0 Å². The summed E-state index contributed by atoms with van der Waals surface area (Å²) in [6.45, 7) is 2.33. The van der Waals surface area contributed by atoms with Crippen LogP contribution in [0, 0.1) is 3.57 Å². The zero-order valence-corrected chi connectivity index (χ0v) is 18.6. The number of halogens is 1. The minimum absolute atomic E-state index is 0.361. The summed E-state index contributed by atoms with van der Waals surface area (Å²) in [6, 6.07) is 14.1. The average Bonchev–Trinajstić information content (AvgIpc) is 2.65. The van der Waals surface area contributed by atoms with Gasteiger partial charge in [-0.2, -0.15) is 5.10 Å². The van der Waals surface area contributed by atoms with Crippen molar-refractivity contribution in [1.82, 2.24) is 5.43 Å². The van der Waals surface area contributed by atoms with Crippen LogP contribution in [0.5, 0.6) is 5.75 Å². The average molecular weight is 515 g/mol. The first-order chi connectivity index (χ1) is 13.3. The number of sulfonamides is 1. The van der Waals surface area contributed by atoms with E-state index in [9.17, 15) is 13.2 Å². The Labute approximate surface area is 179 Å². The molecule has 28 heavy (non-hydrogen) atoms. The van der Waals surface area contributed by atoms with Crippen molar-refractivity contribution in [3.8, 4) is 5.75 Å². The van der Waals surface area contributed by atoms with E-state index in [0.717, 1.165) is 31.9 Å². The van der Waals surface area contributed by atoms with Crippen molar-refractivity contribution in [2.45, 2.75) is 13.3 Å². The van der Waals surface area contributed by atoms with E-state index >= 15 is 0 Å². The molecular formula is C19H22IN3O4S. The van der Waals surface area contributed by atoms with Gasteiger partial charge >= 0.3 is 0 Å². The van der Waals surface area contributed by atoms with E-state index in [1.54, 1.807) is 24.3 Å². The van der Waals surface area contributed by atoms with E-state index < -0.39 is 15.9 Å². The molecule has 0 radical (unpaired) electrons. The Morgan fingerprint density at radius 3 is 2.39 bits per heavy atom. The molecule has 0 atom stereocenters. The van der Waals surface area contributed by atoms with E-state index in [1.165, 1.54) is 6.21 Å². The second-order valence-corrected chi connectivity index (χ2v) is 9.11. The number of benzene rings is 2. The van der Waals surface area contributed by atoms with Crippen LogP contribution in [-0.2, 0) is 14.8 Å². The van der Waals surface area contributed by atoms with Crippen LogP contribution in [0.2, 0.25) is 0 Å². The highest BCUT2D eigenvalue weighted by Crippen LogP contribution is 2.18. The van der Waals surface area contributed by atoms with E-state index in [4.69, 9.17) is 4.74 Å². The molecule has 0 aliphatic heterocycles. The molecule has 0 fully saturated rings. The van der Waals surface area contributed by atoms with E-state index in [2.05, 4.69) is 33.1 Å². The molecular weight excluding hydrogens is 493 g/mol. The molecule has 0 bridgehead atoms. The first-order valence-corrected chi connectivity index (χ1v) is 11.5. The summed E-state index contributed by atoms with van der Waals surface area (Å²) in [5.74, 6) is 0.229. The van der Waals surface area contributed by atoms with Gasteiger partial charge in [-0.25, -0.2) is 13.8 Å². The van der Waals surface area contributed by atoms with Gasteiger partial charge in [0.25, 0.3) is 5.91 Å². The normalized spacial score (nSPS) is 11.4. The molecule has 0 aliphatic carbocycles. The molecule has 2 aromatic carbocycles. The van der Waals surface area contributed by atoms with Crippen LogP contribution in [0.3, 0.4) is 0 Å². The van der Waals surface area contributed by atoms with Crippen molar-refractivity contribution in [1.29, 1.82) is 0 Å². The Bertz CT molecular complexity index is 913. The molecule has 0 saturated heterocycles. The van der Waals surface area contributed by atoms with Gasteiger partial charge in [0.1, 0.15) is 12.3 Å². The van der Waals surface area contributed by atoms with Crippen molar-refractivity contribution in [3.05, 3.63) is 57.7 Å². The van der Waals surface area contributed by atoms with Crippen molar-refractivity contribution >= 4 is 50.4 Å². The molecule has 0 aromatic heterocycles. The highest BCUT2D eigenvalue weighted by molar-refractivity contribution is 14.1. The fraction of sp³-hybridized carbons (Fsp3) is 0.263. The monoisotopic (exact) mass is 515 g/mol. The standard InChI is InChI=1S/C19H22IN3O4S/c1-3-12-27-18-10-4-15(5-11-18)13-21-22-19(24)14-23(28(2,25)26)17-8-6-16(20)7-9-17/h4-11,13H,3,12,14H2,1-2H3,(H,22,24)/b21-13-. The van der Waals surface area contributed by atoms with Gasteiger partial charge in [-0.05, 0) is 83.1 Å². The fourth-order valence-electron chi connectivity index (χ4n) is 2.22. The molecule has 0 saturated carbocycles. The first kappa shape index (κ1) is 22.2. The molecule has 0 heterocycles. The third kappa shape index (κ3) is 7.12. The predicted molar refractivity (Wildman–Crippen MR) is 119 cm³/mol. The Kier molecular flexibility index (Phi) is 8.24. The van der Waals surface area contributed by atoms with Crippen LogP contribution in [0.15, 0.2) is 53.6 Å². The van der Waals surface area contributed by atoms with Gasteiger partial charge in [0.05, 0.1) is 24.8 Å². The Morgan fingerprint density at radius 1 is 1.18 bits per heavy atom. The van der Waals surface area contributed by atoms with Gasteiger partial charge < -0.3 is 4.74 Å². The van der Waals surface area contributed by atoms with Gasteiger partial charge in [-0.1, -0.05) is 6.92 Å². The third-order valence-corrected chi connectivity index (χ3v) is 5.42. The maximum Gasteiger partial charge on any atom is 0.260 e. The number of nitrogens with zero attached hydrogens (tertiary/aromatic N) is 2. The fourth-order valence-corrected chi connectivity index (χ4v) is 3.44. The zero-order valence-electron chi connectivity index (χ0n) is 15.6. The number of hydrogen-bond donors (Lipinski definition) is 1. The Morgan fingerprint density at radius 2 is 1.82 bits per heavy atom. The number of nitrogens with one attached hydrogen (secondary N) is 1. The van der Waals surface area contributed by atoms with Gasteiger partial charge in [0.2, 0.25) is 10.0 Å². The number of hydrogen-bond acceptors (Lipinski definition) is 5. The number of carbonyl (C=O) groups excluding carboxylic acids is 1. The third-order valence-electron chi connectivity index (χ3n) is 3.56. The number of ether oxygens (including phenoxy) is 1. The van der Waals surface area contributed by atoms with Crippen molar-refractivity contribution in [2.24, 2.45) is 5.10 Å². The lowest BCUT2D eigenvalue weighted by molar-refractivity contribution is -0.119. The molecule has 150 valence electrons. The van der Waals surface area contributed by atoms with Crippen molar-refractivity contribution < 1.29 is 17.9 Å². The maximum atomic E-state index is 12.2. The number of carbonyl (C=O) groups is 1. The SMILES string of the molecule is CCCOc1ccc(/C=N\NC(=O)CN(c2ccc(I)cc2)S(C)(=O)=O)cc1. The van der Waals surface area contributed by atoms with Gasteiger partial charge in [-0.3, -0.25) is 9.10 Å². The summed E-state index contributed by atoms with van der Waals surface area (Å²) in [4.78, 5) is 12.2. The number of anilines is 1. The summed E-state index contributed by atoms with van der Waals surface area (Å²) in [7, 11) is -3.61. The molecule has 1 N–H and O–H groups in total. The molecule has 2 aromatic rings. The summed E-state index contributed by atoms with van der Waals surface area (Å²) in [6.07, 6.45) is 3.48. The molecule has 0 unspecified atom stereocenters. The number of amides is 1. The highest BCUT2D eigenvalue weighted by atomic mass is 127. The minimum atomic E-state index is -3.61. The van der Waals surface area contributed by atoms with E-state index in [-0.39, 0.29) is 6.54 Å². The predicted octanol–water partition coefficient (Wildman–Crippen LogP) is 3.00. The van der Waals surface area contributed by atoms with Crippen LogP contribution in [0.25, 0.3) is 0 Å². The quantitative estimate of drug-likeness (QED) is 0.316. The zero-order chi connectivity index (χ0) is 20.6. The van der Waals surface area contributed by atoms with Crippen LogP contribution in [0.4, 0.5) is 5.69 Å². The van der Waals surface area contributed by atoms with Crippen LogP contribution < -0.4 is 14.5 Å². The molecule has 0 spiro atoms. The number of hydrazone groups is 1. The van der Waals surface area contributed by atoms with E-state index in [0.29, 0.717) is 12.3 Å². The van der Waals surface area contributed by atoms with Gasteiger partial charge in [0, 0.05) is 3.57 Å². The lowest BCUT2D eigenvalue weighted by Crippen LogP contribution is -2.39. The summed E-state index contributed by atoms with van der Waals surface area (Å²) in [5.41, 5.74) is 3.56. The largest absolute Gasteiger partial charge is 0.494 e. The summed E-state index contributed by atoms with van der Waals surface area (Å²) in [5, 5.41) is 3.89. The van der Waals surface area contributed by atoms with Crippen LogP contribution in [-0.4, -0.2) is 39.9 Å². The van der Waals surface area contributed by atoms with Crippen LogP contribution >= 0.6 is 22.6 Å². The highest BCUT2D eigenvalue weighted by Gasteiger charge is 2.20.